The van der Waals surface area contributed by atoms with Crippen molar-refractivity contribution in [3.8, 4) is 11.5 Å². The molecule has 1 fully saturated rings. The van der Waals surface area contributed by atoms with E-state index in [0.29, 0.717) is 11.5 Å². The molecule has 5 nitrogen and oxygen atoms in total. The van der Waals surface area contributed by atoms with Crippen LogP contribution in [0.5, 0.6) is 11.5 Å². The Labute approximate surface area is 105 Å². The number of hydrogen-bond acceptors (Lipinski definition) is 5. The smallest absolute Gasteiger partial charge is 0.231 e. The van der Waals surface area contributed by atoms with Crippen LogP contribution in [-0.4, -0.2) is 38.4 Å². The number of ether oxygens (including phenoxy) is 2. The average Bonchev–Trinajstić information content (AvgIpc) is 2.90. The fourth-order valence-electron chi connectivity index (χ4n) is 2.70. The molecule has 0 unspecified atom stereocenters. The Hall–Kier alpha value is -1.27. The first kappa shape index (κ1) is 11.8. The van der Waals surface area contributed by atoms with Crippen molar-refractivity contribution in [2.24, 2.45) is 5.92 Å². The Morgan fingerprint density at radius 2 is 2.06 bits per heavy atom. The van der Waals surface area contributed by atoms with Crippen LogP contribution in [0.1, 0.15) is 11.5 Å². The third-order valence-corrected chi connectivity index (χ3v) is 5.21. The minimum absolute atomic E-state index is 0.114. The quantitative estimate of drug-likeness (QED) is 0.867. The molecule has 0 bridgehead atoms. The number of hydrogen-bond donors (Lipinski definition) is 1. The molecule has 0 saturated heterocycles. The monoisotopic (exact) mass is 270 g/mol. The van der Waals surface area contributed by atoms with Gasteiger partial charge in [-0.15, -0.1) is 0 Å². The van der Waals surface area contributed by atoms with Crippen molar-refractivity contribution in [1.29, 1.82) is 0 Å². The molecule has 0 amide bonds. The van der Waals surface area contributed by atoms with Gasteiger partial charge in [-0.05, 0) is 17.7 Å². The SMILES string of the molecule is CS(=O)(=O)[C@H]1[C@@H](CO)[C@@H]1c1ccc2c(c1)OCO2. The molecule has 6 heteroatoms. The van der Waals surface area contributed by atoms with E-state index in [1.807, 2.05) is 6.07 Å². The Morgan fingerprint density at radius 3 is 2.67 bits per heavy atom. The van der Waals surface area contributed by atoms with Crippen LogP contribution in [-0.2, 0) is 9.84 Å². The highest BCUT2D eigenvalue weighted by Crippen LogP contribution is 2.53. The summed E-state index contributed by atoms with van der Waals surface area (Å²) in [6.07, 6.45) is 1.22. The molecule has 0 spiro atoms. The van der Waals surface area contributed by atoms with Gasteiger partial charge < -0.3 is 14.6 Å². The van der Waals surface area contributed by atoms with Gasteiger partial charge in [0.25, 0.3) is 0 Å². The van der Waals surface area contributed by atoms with Crippen LogP contribution in [0.15, 0.2) is 18.2 Å². The van der Waals surface area contributed by atoms with E-state index in [1.54, 1.807) is 12.1 Å². The molecule has 1 saturated carbocycles. The number of rotatable bonds is 3. The van der Waals surface area contributed by atoms with Crippen LogP contribution in [0.2, 0.25) is 0 Å². The summed E-state index contributed by atoms with van der Waals surface area (Å²) in [5.74, 6) is 0.971. The molecular formula is C12H14O5S. The highest BCUT2D eigenvalue weighted by Gasteiger charge is 2.56. The number of sulfone groups is 1. The topological polar surface area (TPSA) is 72.8 Å². The number of aliphatic hydroxyl groups is 1. The zero-order chi connectivity index (χ0) is 12.9. The molecule has 1 aliphatic carbocycles. The molecule has 1 heterocycles. The predicted octanol–water partition coefficient (Wildman–Crippen LogP) is 0.534. The zero-order valence-electron chi connectivity index (χ0n) is 9.87. The van der Waals surface area contributed by atoms with Crippen molar-refractivity contribution in [3.63, 3.8) is 0 Å². The molecule has 1 aliphatic heterocycles. The first-order valence-electron chi connectivity index (χ1n) is 5.71. The molecule has 3 atom stereocenters. The number of aliphatic hydroxyl groups excluding tert-OH is 1. The van der Waals surface area contributed by atoms with Crippen LogP contribution >= 0.6 is 0 Å². The Balaban J connectivity index is 1.92. The Morgan fingerprint density at radius 1 is 1.33 bits per heavy atom. The van der Waals surface area contributed by atoms with Crippen molar-refractivity contribution in [2.75, 3.05) is 19.7 Å². The number of benzene rings is 1. The van der Waals surface area contributed by atoms with Crippen molar-refractivity contribution < 1.29 is 23.0 Å². The summed E-state index contributed by atoms with van der Waals surface area (Å²) in [7, 11) is -3.13. The first-order valence-corrected chi connectivity index (χ1v) is 7.67. The highest BCUT2D eigenvalue weighted by atomic mass is 32.2. The molecule has 98 valence electrons. The average molecular weight is 270 g/mol. The van der Waals surface area contributed by atoms with Gasteiger partial charge in [-0.1, -0.05) is 6.07 Å². The Bertz CT molecular complexity index is 580. The van der Waals surface area contributed by atoms with E-state index in [-0.39, 0.29) is 25.2 Å². The molecule has 0 aromatic heterocycles. The summed E-state index contributed by atoms with van der Waals surface area (Å²) >= 11 is 0. The molecule has 1 aromatic carbocycles. The highest BCUT2D eigenvalue weighted by molar-refractivity contribution is 7.91. The van der Waals surface area contributed by atoms with E-state index in [9.17, 15) is 13.5 Å². The second-order valence-corrected chi connectivity index (χ2v) is 6.98. The fourth-order valence-corrected chi connectivity index (χ4v) is 4.39. The van der Waals surface area contributed by atoms with Gasteiger partial charge >= 0.3 is 0 Å². The lowest BCUT2D eigenvalue weighted by atomic mass is 10.1. The van der Waals surface area contributed by atoms with E-state index in [2.05, 4.69) is 0 Å². The fraction of sp³-hybridized carbons (Fsp3) is 0.500. The third kappa shape index (κ3) is 1.76. The van der Waals surface area contributed by atoms with Gasteiger partial charge in [-0.2, -0.15) is 0 Å². The largest absolute Gasteiger partial charge is 0.454 e. The van der Waals surface area contributed by atoms with E-state index in [1.165, 1.54) is 6.26 Å². The molecule has 3 rings (SSSR count). The van der Waals surface area contributed by atoms with Gasteiger partial charge in [-0.25, -0.2) is 8.42 Å². The maximum absolute atomic E-state index is 11.6. The normalized spacial score (nSPS) is 29.3. The molecule has 2 aliphatic rings. The zero-order valence-corrected chi connectivity index (χ0v) is 10.7. The molecule has 1 aromatic rings. The van der Waals surface area contributed by atoms with Crippen LogP contribution in [0, 0.1) is 5.92 Å². The van der Waals surface area contributed by atoms with Gasteiger partial charge in [0.15, 0.2) is 21.3 Å². The van der Waals surface area contributed by atoms with E-state index in [0.717, 1.165) is 5.56 Å². The maximum atomic E-state index is 11.6. The molecule has 18 heavy (non-hydrogen) atoms. The summed E-state index contributed by atoms with van der Waals surface area (Å²) in [5.41, 5.74) is 0.883. The summed E-state index contributed by atoms with van der Waals surface area (Å²) < 4.78 is 33.7. The summed E-state index contributed by atoms with van der Waals surface area (Å²) in [6, 6.07) is 5.43. The lowest BCUT2D eigenvalue weighted by Crippen LogP contribution is -2.08. The van der Waals surface area contributed by atoms with Gasteiger partial charge in [0, 0.05) is 24.7 Å². The summed E-state index contributed by atoms with van der Waals surface area (Å²) in [5, 5.41) is 8.76. The van der Waals surface area contributed by atoms with Crippen LogP contribution in [0.3, 0.4) is 0 Å². The summed E-state index contributed by atoms with van der Waals surface area (Å²) in [6.45, 7) is 0.0826. The van der Waals surface area contributed by atoms with Gasteiger partial charge in [-0.3, -0.25) is 0 Å². The standard InChI is InChI=1S/C12H14O5S/c1-18(14,15)12-8(5-13)11(12)7-2-3-9-10(4-7)17-6-16-9/h2-4,8,11-13H,5-6H2,1H3/t8-,11-,12-/m0/s1. The van der Waals surface area contributed by atoms with Crippen LogP contribution in [0.25, 0.3) is 0 Å². The van der Waals surface area contributed by atoms with Crippen molar-refractivity contribution in [2.45, 2.75) is 11.2 Å². The lowest BCUT2D eigenvalue weighted by Gasteiger charge is -2.02. The van der Waals surface area contributed by atoms with Crippen molar-refractivity contribution >= 4 is 9.84 Å². The van der Waals surface area contributed by atoms with Gasteiger partial charge in [0.05, 0.1) is 5.25 Å². The summed E-state index contributed by atoms with van der Waals surface area (Å²) in [4.78, 5) is 0. The molecule has 1 N–H and O–H groups in total. The van der Waals surface area contributed by atoms with E-state index in [4.69, 9.17) is 9.47 Å². The predicted molar refractivity (Wildman–Crippen MR) is 64.5 cm³/mol. The van der Waals surface area contributed by atoms with E-state index < -0.39 is 15.1 Å². The first-order chi connectivity index (χ1) is 8.52. The maximum Gasteiger partial charge on any atom is 0.231 e. The lowest BCUT2D eigenvalue weighted by molar-refractivity contribution is 0.174. The van der Waals surface area contributed by atoms with Crippen molar-refractivity contribution in [3.05, 3.63) is 23.8 Å². The Kier molecular flexibility index (Phi) is 2.53. The minimum Gasteiger partial charge on any atom is -0.454 e. The van der Waals surface area contributed by atoms with Crippen LogP contribution < -0.4 is 9.47 Å². The second-order valence-electron chi connectivity index (χ2n) is 4.78. The second kappa shape index (κ2) is 3.86. The van der Waals surface area contributed by atoms with Crippen molar-refractivity contribution in [1.82, 2.24) is 0 Å². The third-order valence-electron chi connectivity index (χ3n) is 3.58. The number of fused-ring (bicyclic) bond motifs is 1. The van der Waals surface area contributed by atoms with Gasteiger partial charge in [0.2, 0.25) is 6.79 Å². The minimum atomic E-state index is -3.13. The molecule has 0 radical (unpaired) electrons. The van der Waals surface area contributed by atoms with Gasteiger partial charge in [0.1, 0.15) is 0 Å². The van der Waals surface area contributed by atoms with E-state index >= 15 is 0 Å². The molecular weight excluding hydrogens is 256 g/mol. The van der Waals surface area contributed by atoms with Crippen LogP contribution in [0.4, 0.5) is 0 Å².